The topological polar surface area (TPSA) is 78.9 Å². The highest BCUT2D eigenvalue weighted by Gasteiger charge is 2.20. The number of hydrogen-bond donors (Lipinski definition) is 1. The van der Waals surface area contributed by atoms with Crippen LogP contribution in [-0.4, -0.2) is 20.9 Å². The van der Waals surface area contributed by atoms with Crippen LogP contribution in [0, 0.1) is 18.3 Å². The second-order valence-corrected chi connectivity index (χ2v) is 3.99. The highest BCUT2D eigenvalue weighted by Crippen LogP contribution is 2.23. The summed E-state index contributed by atoms with van der Waals surface area (Å²) in [7, 11) is 0. The molecule has 0 aliphatic heterocycles. The van der Waals surface area contributed by atoms with E-state index in [2.05, 4.69) is 5.10 Å². The van der Waals surface area contributed by atoms with Gasteiger partial charge in [0.1, 0.15) is 10.7 Å². The molecule has 6 heteroatoms. The molecule has 1 N–H and O–H groups in total. The Morgan fingerprint density at radius 3 is 2.83 bits per heavy atom. The Labute approximate surface area is 108 Å². The predicted molar refractivity (Wildman–Crippen MR) is 65.0 cm³/mol. The third kappa shape index (κ3) is 1.94. The van der Waals surface area contributed by atoms with Gasteiger partial charge in [0.05, 0.1) is 23.0 Å². The van der Waals surface area contributed by atoms with E-state index in [4.69, 9.17) is 22.0 Å². The average molecular weight is 262 g/mol. The maximum atomic E-state index is 11.0. The normalized spacial score (nSPS) is 10.1. The maximum absolute atomic E-state index is 11.0. The fourth-order valence-electron chi connectivity index (χ4n) is 1.62. The summed E-state index contributed by atoms with van der Waals surface area (Å²) in [4.78, 5) is 11.0. The van der Waals surface area contributed by atoms with Gasteiger partial charge in [-0.3, -0.25) is 0 Å². The summed E-state index contributed by atoms with van der Waals surface area (Å²) in [6.07, 6.45) is 0. The van der Waals surface area contributed by atoms with E-state index in [0.29, 0.717) is 16.9 Å². The van der Waals surface area contributed by atoms with E-state index in [0.717, 1.165) is 0 Å². The van der Waals surface area contributed by atoms with Gasteiger partial charge in [0.15, 0.2) is 0 Å². The zero-order valence-corrected chi connectivity index (χ0v) is 10.1. The van der Waals surface area contributed by atoms with Crippen molar-refractivity contribution >= 4 is 17.6 Å². The number of aromatic carboxylic acids is 1. The molecule has 18 heavy (non-hydrogen) atoms. The van der Waals surface area contributed by atoms with Gasteiger partial charge in [0.2, 0.25) is 0 Å². The van der Waals surface area contributed by atoms with Crippen molar-refractivity contribution in [2.24, 2.45) is 0 Å². The van der Waals surface area contributed by atoms with Crippen LogP contribution < -0.4 is 0 Å². The third-order valence-electron chi connectivity index (χ3n) is 2.44. The monoisotopic (exact) mass is 261 g/mol. The van der Waals surface area contributed by atoms with Crippen molar-refractivity contribution in [1.82, 2.24) is 9.78 Å². The standard InChI is InChI=1S/C12H8ClN3O2/c1-7-10(12(17)18)11(13)16(15-7)9-4-2-3-8(5-9)6-14/h2-5H,1H3,(H,17,18). The molecule has 2 aromatic rings. The Morgan fingerprint density at radius 2 is 2.28 bits per heavy atom. The number of carboxylic acid groups (broad SMARTS) is 1. The summed E-state index contributed by atoms with van der Waals surface area (Å²) in [5.74, 6) is -1.12. The van der Waals surface area contributed by atoms with Crippen LogP contribution in [0.3, 0.4) is 0 Å². The number of carboxylic acids is 1. The Hall–Kier alpha value is -2.32. The highest BCUT2D eigenvalue weighted by molar-refractivity contribution is 6.32. The smallest absolute Gasteiger partial charge is 0.340 e. The second-order valence-electron chi connectivity index (χ2n) is 3.63. The van der Waals surface area contributed by atoms with Crippen LogP contribution >= 0.6 is 11.6 Å². The lowest BCUT2D eigenvalue weighted by molar-refractivity contribution is 0.0696. The number of carbonyl (C=O) groups is 1. The summed E-state index contributed by atoms with van der Waals surface area (Å²) in [5, 5.41) is 21.9. The Bertz CT molecular complexity index is 670. The number of hydrogen-bond acceptors (Lipinski definition) is 3. The number of nitrogens with zero attached hydrogens (tertiary/aromatic N) is 3. The van der Waals surface area contributed by atoms with Crippen molar-refractivity contribution < 1.29 is 9.90 Å². The van der Waals surface area contributed by atoms with E-state index in [9.17, 15) is 4.79 Å². The molecule has 0 bridgehead atoms. The first-order chi connectivity index (χ1) is 8.54. The molecule has 0 amide bonds. The average Bonchev–Trinajstić information content (AvgIpc) is 2.65. The van der Waals surface area contributed by atoms with Crippen LogP contribution in [0.25, 0.3) is 5.69 Å². The molecular formula is C12H8ClN3O2. The van der Waals surface area contributed by atoms with Crippen LogP contribution in [0.15, 0.2) is 24.3 Å². The lowest BCUT2D eigenvalue weighted by Crippen LogP contribution is -1.99. The van der Waals surface area contributed by atoms with E-state index in [1.54, 1.807) is 31.2 Å². The minimum absolute atomic E-state index is 0.0232. The number of aromatic nitrogens is 2. The number of rotatable bonds is 2. The van der Waals surface area contributed by atoms with E-state index >= 15 is 0 Å². The molecule has 0 saturated heterocycles. The van der Waals surface area contributed by atoms with Crippen LogP contribution in [0.4, 0.5) is 0 Å². The highest BCUT2D eigenvalue weighted by atomic mass is 35.5. The predicted octanol–water partition coefficient (Wildman–Crippen LogP) is 2.40. The van der Waals surface area contributed by atoms with Crippen LogP contribution in [0.2, 0.25) is 5.15 Å². The molecule has 5 nitrogen and oxygen atoms in total. The summed E-state index contributed by atoms with van der Waals surface area (Å²) in [6.45, 7) is 1.57. The molecule has 1 aromatic carbocycles. The Kier molecular flexibility index (Phi) is 3.04. The lowest BCUT2D eigenvalue weighted by atomic mass is 10.2. The molecule has 1 aromatic heterocycles. The number of benzene rings is 1. The van der Waals surface area contributed by atoms with Gasteiger partial charge in [-0.15, -0.1) is 0 Å². The van der Waals surface area contributed by atoms with Crippen molar-refractivity contribution in [1.29, 1.82) is 5.26 Å². The quantitative estimate of drug-likeness (QED) is 0.900. The van der Waals surface area contributed by atoms with Gasteiger partial charge in [-0.2, -0.15) is 10.4 Å². The van der Waals surface area contributed by atoms with Gasteiger partial charge in [-0.1, -0.05) is 17.7 Å². The summed E-state index contributed by atoms with van der Waals surface area (Å²) >= 11 is 5.99. The van der Waals surface area contributed by atoms with Crippen LogP contribution in [-0.2, 0) is 0 Å². The van der Waals surface area contributed by atoms with Crippen molar-refractivity contribution in [3.05, 3.63) is 46.2 Å². The molecule has 0 aliphatic carbocycles. The Balaban J connectivity index is 2.62. The van der Waals surface area contributed by atoms with Crippen molar-refractivity contribution in [3.63, 3.8) is 0 Å². The molecule has 0 unspecified atom stereocenters. The Morgan fingerprint density at radius 1 is 1.56 bits per heavy atom. The largest absolute Gasteiger partial charge is 0.478 e. The van der Waals surface area contributed by atoms with Gasteiger partial charge < -0.3 is 5.11 Å². The zero-order valence-electron chi connectivity index (χ0n) is 9.38. The summed E-state index contributed by atoms with van der Waals surface area (Å²) in [5.41, 5.74) is 1.30. The fraction of sp³-hybridized carbons (Fsp3) is 0.0833. The van der Waals surface area contributed by atoms with Gasteiger partial charge in [0.25, 0.3) is 0 Å². The van der Waals surface area contributed by atoms with Crippen molar-refractivity contribution in [3.8, 4) is 11.8 Å². The first kappa shape index (κ1) is 12.1. The van der Waals surface area contributed by atoms with Crippen LogP contribution in [0.1, 0.15) is 21.6 Å². The molecule has 2 rings (SSSR count). The van der Waals surface area contributed by atoms with Gasteiger partial charge >= 0.3 is 5.97 Å². The molecule has 0 radical (unpaired) electrons. The molecule has 0 saturated carbocycles. The first-order valence-electron chi connectivity index (χ1n) is 5.03. The lowest BCUT2D eigenvalue weighted by Gasteiger charge is -2.03. The molecule has 0 spiro atoms. The van der Waals surface area contributed by atoms with Gasteiger partial charge in [0, 0.05) is 0 Å². The maximum Gasteiger partial charge on any atom is 0.340 e. The molecule has 1 heterocycles. The minimum Gasteiger partial charge on any atom is -0.478 e. The third-order valence-corrected chi connectivity index (χ3v) is 2.79. The number of aryl methyl sites for hydroxylation is 1. The number of nitriles is 1. The summed E-state index contributed by atoms with van der Waals surface area (Å²) < 4.78 is 1.31. The minimum atomic E-state index is -1.12. The summed E-state index contributed by atoms with van der Waals surface area (Å²) in [6, 6.07) is 8.61. The zero-order chi connectivity index (χ0) is 13.3. The van der Waals surface area contributed by atoms with E-state index < -0.39 is 5.97 Å². The fourth-order valence-corrected chi connectivity index (χ4v) is 1.97. The van der Waals surface area contributed by atoms with E-state index in [-0.39, 0.29) is 10.7 Å². The molecule has 0 aliphatic rings. The van der Waals surface area contributed by atoms with Crippen molar-refractivity contribution in [2.45, 2.75) is 6.92 Å². The molecular weight excluding hydrogens is 254 g/mol. The van der Waals surface area contributed by atoms with Gasteiger partial charge in [-0.05, 0) is 25.1 Å². The van der Waals surface area contributed by atoms with Crippen LogP contribution in [0.5, 0.6) is 0 Å². The first-order valence-corrected chi connectivity index (χ1v) is 5.41. The molecule has 0 atom stereocenters. The van der Waals surface area contributed by atoms with Crippen molar-refractivity contribution in [2.75, 3.05) is 0 Å². The molecule has 90 valence electrons. The second kappa shape index (κ2) is 4.51. The SMILES string of the molecule is Cc1nn(-c2cccc(C#N)c2)c(Cl)c1C(=O)O. The number of halogens is 1. The van der Waals surface area contributed by atoms with E-state index in [1.165, 1.54) is 4.68 Å². The molecule has 0 fully saturated rings. The van der Waals surface area contributed by atoms with E-state index in [1.807, 2.05) is 6.07 Å². The van der Waals surface area contributed by atoms with Gasteiger partial charge in [-0.25, -0.2) is 9.48 Å².